The van der Waals surface area contributed by atoms with Crippen molar-refractivity contribution in [2.24, 2.45) is 7.05 Å². The van der Waals surface area contributed by atoms with Gasteiger partial charge in [0.2, 0.25) is 5.91 Å². The molecule has 1 aromatic carbocycles. The fourth-order valence-electron chi connectivity index (χ4n) is 2.46. The van der Waals surface area contributed by atoms with Crippen LogP contribution in [0.5, 0.6) is 0 Å². The third-order valence-corrected chi connectivity index (χ3v) is 3.56. The maximum absolute atomic E-state index is 11.8. The first-order valence-corrected chi connectivity index (χ1v) is 7.09. The number of carboxylic acids is 1. The van der Waals surface area contributed by atoms with Gasteiger partial charge >= 0.3 is 5.97 Å². The number of rotatable bonds is 5. The van der Waals surface area contributed by atoms with Gasteiger partial charge < -0.3 is 15.0 Å². The van der Waals surface area contributed by atoms with E-state index in [0.717, 1.165) is 22.0 Å². The number of carboxylic acid groups (broad SMARTS) is 1. The van der Waals surface area contributed by atoms with Crippen molar-refractivity contribution in [1.82, 2.24) is 19.7 Å². The van der Waals surface area contributed by atoms with Gasteiger partial charge in [0, 0.05) is 30.5 Å². The number of hydrogen-bond acceptors (Lipinski definition) is 3. The van der Waals surface area contributed by atoms with Crippen LogP contribution in [0, 0.1) is 0 Å². The van der Waals surface area contributed by atoms with E-state index >= 15 is 0 Å². The summed E-state index contributed by atoms with van der Waals surface area (Å²) in [5.74, 6) is -1.40. The number of aromatic nitrogens is 3. The lowest BCUT2D eigenvalue weighted by Crippen LogP contribution is -2.31. The highest BCUT2D eigenvalue weighted by Gasteiger charge is 2.09. The average molecular weight is 312 g/mol. The number of benzene rings is 1. The monoisotopic (exact) mass is 312 g/mol. The van der Waals surface area contributed by atoms with Crippen LogP contribution in [-0.2, 0) is 23.2 Å². The van der Waals surface area contributed by atoms with Crippen LogP contribution in [-0.4, -0.2) is 37.9 Å². The Balaban J connectivity index is 1.86. The largest absolute Gasteiger partial charge is 0.480 e. The number of aryl methyl sites for hydroxylation is 1. The Kier molecular flexibility index (Phi) is 3.84. The minimum atomic E-state index is -1.06. The van der Waals surface area contributed by atoms with Gasteiger partial charge in [-0.3, -0.25) is 14.3 Å². The summed E-state index contributed by atoms with van der Waals surface area (Å²) in [5.41, 5.74) is 2.92. The Hall–Kier alpha value is -3.09. The molecule has 0 aliphatic heterocycles. The van der Waals surface area contributed by atoms with Crippen molar-refractivity contribution in [3.8, 4) is 11.1 Å². The molecule has 0 radical (unpaired) electrons. The lowest BCUT2D eigenvalue weighted by atomic mass is 10.1. The molecule has 0 aliphatic rings. The van der Waals surface area contributed by atoms with Crippen molar-refractivity contribution in [3.63, 3.8) is 0 Å². The molecule has 0 saturated carbocycles. The standard InChI is InChI=1S/C16H16N4O3/c1-19-9-13(7-18-19)12-3-2-11-4-5-20(14(11)6-12)10-15(21)17-8-16(22)23/h2-7,9H,8,10H2,1H3,(H,17,21)(H,22,23). The smallest absolute Gasteiger partial charge is 0.322 e. The molecule has 0 fully saturated rings. The summed E-state index contributed by atoms with van der Waals surface area (Å²) >= 11 is 0. The van der Waals surface area contributed by atoms with E-state index in [1.165, 1.54) is 0 Å². The zero-order valence-electron chi connectivity index (χ0n) is 12.6. The van der Waals surface area contributed by atoms with E-state index in [1.54, 1.807) is 15.4 Å². The second kappa shape index (κ2) is 5.96. The molecule has 118 valence electrons. The summed E-state index contributed by atoms with van der Waals surface area (Å²) in [4.78, 5) is 22.3. The third-order valence-electron chi connectivity index (χ3n) is 3.56. The number of carbonyl (C=O) groups excluding carboxylic acids is 1. The molecule has 0 aliphatic carbocycles. The highest BCUT2D eigenvalue weighted by Crippen LogP contribution is 2.24. The summed E-state index contributed by atoms with van der Waals surface area (Å²) < 4.78 is 3.53. The maximum atomic E-state index is 11.8. The molecule has 1 amide bonds. The lowest BCUT2D eigenvalue weighted by molar-refractivity contribution is -0.138. The van der Waals surface area contributed by atoms with Crippen LogP contribution >= 0.6 is 0 Å². The van der Waals surface area contributed by atoms with E-state index in [9.17, 15) is 9.59 Å². The molecule has 0 bridgehead atoms. The molecule has 23 heavy (non-hydrogen) atoms. The summed E-state index contributed by atoms with van der Waals surface area (Å²) in [7, 11) is 1.86. The van der Waals surface area contributed by atoms with E-state index in [1.807, 2.05) is 43.7 Å². The molecule has 2 heterocycles. The van der Waals surface area contributed by atoms with Gasteiger partial charge in [-0.2, -0.15) is 5.10 Å². The molecule has 0 saturated heterocycles. The molecule has 3 rings (SSSR count). The van der Waals surface area contributed by atoms with Gasteiger partial charge in [-0.05, 0) is 23.1 Å². The summed E-state index contributed by atoms with van der Waals surface area (Å²) in [6.07, 6.45) is 5.53. The SMILES string of the molecule is Cn1cc(-c2ccc3ccn(CC(=O)NCC(=O)O)c3c2)cn1. The van der Waals surface area contributed by atoms with E-state index in [4.69, 9.17) is 5.11 Å². The first kappa shape index (κ1) is 14.8. The minimum absolute atomic E-state index is 0.0767. The molecule has 2 N–H and O–H groups in total. The molecule has 7 nitrogen and oxygen atoms in total. The van der Waals surface area contributed by atoms with Crippen molar-refractivity contribution in [3.05, 3.63) is 42.9 Å². The van der Waals surface area contributed by atoms with E-state index in [0.29, 0.717) is 0 Å². The normalized spacial score (nSPS) is 10.8. The minimum Gasteiger partial charge on any atom is -0.480 e. The van der Waals surface area contributed by atoms with Crippen LogP contribution in [0.25, 0.3) is 22.0 Å². The second-order valence-electron chi connectivity index (χ2n) is 5.29. The molecule has 0 atom stereocenters. The molecule has 0 spiro atoms. The Morgan fingerprint density at radius 1 is 1.26 bits per heavy atom. The number of amides is 1. The molecular formula is C16H16N4O3. The Morgan fingerprint density at radius 2 is 2.09 bits per heavy atom. The van der Waals surface area contributed by atoms with Gasteiger partial charge in [0.15, 0.2) is 0 Å². The highest BCUT2D eigenvalue weighted by molar-refractivity contribution is 5.87. The molecule has 7 heteroatoms. The average Bonchev–Trinajstić information content (AvgIpc) is 3.11. The molecule has 3 aromatic rings. The number of carbonyl (C=O) groups is 2. The molecular weight excluding hydrogens is 296 g/mol. The van der Waals surface area contributed by atoms with E-state index in [2.05, 4.69) is 10.4 Å². The van der Waals surface area contributed by atoms with E-state index < -0.39 is 5.97 Å². The Morgan fingerprint density at radius 3 is 2.78 bits per heavy atom. The maximum Gasteiger partial charge on any atom is 0.322 e. The summed E-state index contributed by atoms with van der Waals surface area (Å²) in [6.45, 7) is -0.299. The summed E-state index contributed by atoms with van der Waals surface area (Å²) in [5, 5.41) is 16.1. The van der Waals surface area contributed by atoms with Crippen molar-refractivity contribution in [2.75, 3.05) is 6.54 Å². The van der Waals surface area contributed by atoms with Gasteiger partial charge in [-0.25, -0.2) is 0 Å². The van der Waals surface area contributed by atoms with Crippen molar-refractivity contribution in [1.29, 1.82) is 0 Å². The predicted octanol–water partition coefficient (Wildman–Crippen LogP) is 1.24. The van der Waals surface area contributed by atoms with Gasteiger partial charge in [0.1, 0.15) is 13.1 Å². The fourth-order valence-corrected chi connectivity index (χ4v) is 2.46. The Bertz CT molecular complexity index is 878. The number of nitrogens with one attached hydrogen (secondary N) is 1. The molecule has 2 aromatic heterocycles. The number of hydrogen-bond donors (Lipinski definition) is 2. The van der Waals surface area contributed by atoms with Crippen LogP contribution in [0.15, 0.2) is 42.9 Å². The second-order valence-corrected chi connectivity index (χ2v) is 5.29. The van der Waals surface area contributed by atoms with Crippen LogP contribution in [0.3, 0.4) is 0 Å². The summed E-state index contributed by atoms with van der Waals surface area (Å²) in [6, 6.07) is 7.92. The topological polar surface area (TPSA) is 89.2 Å². The highest BCUT2D eigenvalue weighted by atomic mass is 16.4. The predicted molar refractivity (Wildman–Crippen MR) is 84.8 cm³/mol. The zero-order valence-corrected chi connectivity index (χ0v) is 12.6. The lowest BCUT2D eigenvalue weighted by Gasteiger charge is -2.07. The third kappa shape index (κ3) is 3.23. The van der Waals surface area contributed by atoms with Crippen molar-refractivity contribution < 1.29 is 14.7 Å². The van der Waals surface area contributed by atoms with Gasteiger partial charge in [0.25, 0.3) is 0 Å². The van der Waals surface area contributed by atoms with Crippen LogP contribution in [0.4, 0.5) is 0 Å². The van der Waals surface area contributed by atoms with Gasteiger partial charge in [-0.15, -0.1) is 0 Å². The van der Waals surface area contributed by atoms with Gasteiger partial charge in [0.05, 0.1) is 6.20 Å². The van der Waals surface area contributed by atoms with Crippen LogP contribution < -0.4 is 5.32 Å². The zero-order chi connectivity index (χ0) is 16.4. The van der Waals surface area contributed by atoms with Crippen LogP contribution in [0.1, 0.15) is 0 Å². The Labute approximate surface area is 132 Å². The number of nitrogens with zero attached hydrogens (tertiary/aromatic N) is 3. The van der Waals surface area contributed by atoms with Crippen LogP contribution in [0.2, 0.25) is 0 Å². The molecule has 0 unspecified atom stereocenters. The quantitative estimate of drug-likeness (QED) is 0.742. The number of fused-ring (bicyclic) bond motifs is 1. The van der Waals surface area contributed by atoms with Gasteiger partial charge in [-0.1, -0.05) is 12.1 Å². The van der Waals surface area contributed by atoms with E-state index in [-0.39, 0.29) is 19.0 Å². The fraction of sp³-hybridized carbons (Fsp3) is 0.188. The first-order valence-electron chi connectivity index (χ1n) is 7.09. The van der Waals surface area contributed by atoms with Crippen molar-refractivity contribution in [2.45, 2.75) is 6.54 Å². The van der Waals surface area contributed by atoms with Crippen molar-refractivity contribution >= 4 is 22.8 Å². The first-order chi connectivity index (χ1) is 11.0. The number of aliphatic carboxylic acids is 1.